The topological polar surface area (TPSA) is 78.8 Å². The maximum absolute atomic E-state index is 11.1. The Bertz CT molecular complexity index is 265. The van der Waals surface area contributed by atoms with Crippen LogP contribution in [0.5, 0.6) is 0 Å². The fourth-order valence-corrected chi connectivity index (χ4v) is 2.06. The van der Waals surface area contributed by atoms with Crippen molar-refractivity contribution in [3.8, 4) is 0 Å². The highest BCUT2D eigenvalue weighted by molar-refractivity contribution is 5.73. The van der Waals surface area contributed by atoms with Crippen molar-refractivity contribution in [1.29, 1.82) is 0 Å². The van der Waals surface area contributed by atoms with Crippen molar-refractivity contribution >= 4 is 5.97 Å². The molecule has 3 atom stereocenters. The van der Waals surface area contributed by atoms with Crippen LogP contribution in [0.2, 0.25) is 0 Å². The number of hydrogen-bond donors (Lipinski definition) is 3. The minimum Gasteiger partial charge on any atom is -0.480 e. The van der Waals surface area contributed by atoms with Gasteiger partial charge in [-0.05, 0) is 32.1 Å². The molecular weight excluding hydrogens is 222 g/mol. The van der Waals surface area contributed by atoms with Crippen LogP contribution in [-0.4, -0.2) is 40.7 Å². The third kappa shape index (κ3) is 4.26. The Morgan fingerprint density at radius 1 is 1.59 bits per heavy atom. The van der Waals surface area contributed by atoms with Crippen LogP contribution >= 0.6 is 0 Å². The second-order valence-electron chi connectivity index (χ2n) is 5.40. The quantitative estimate of drug-likeness (QED) is 0.672. The molecule has 17 heavy (non-hydrogen) atoms. The van der Waals surface area contributed by atoms with Crippen molar-refractivity contribution in [2.75, 3.05) is 6.61 Å². The van der Waals surface area contributed by atoms with E-state index in [9.17, 15) is 9.90 Å². The molecule has 0 bridgehead atoms. The predicted molar refractivity (Wildman–Crippen MR) is 63.6 cm³/mol. The Morgan fingerprint density at radius 3 is 2.71 bits per heavy atom. The summed E-state index contributed by atoms with van der Waals surface area (Å²) in [5.74, 6) is -0.624. The first-order valence-electron chi connectivity index (χ1n) is 6.16. The largest absolute Gasteiger partial charge is 0.480 e. The number of rotatable bonds is 5. The van der Waals surface area contributed by atoms with Crippen molar-refractivity contribution in [1.82, 2.24) is 5.32 Å². The van der Waals surface area contributed by atoms with Gasteiger partial charge in [-0.25, -0.2) is 0 Å². The molecule has 5 heteroatoms. The Balaban J connectivity index is 2.62. The monoisotopic (exact) mass is 245 g/mol. The van der Waals surface area contributed by atoms with Gasteiger partial charge < -0.3 is 14.9 Å². The molecule has 0 spiro atoms. The van der Waals surface area contributed by atoms with Gasteiger partial charge in [-0.15, -0.1) is 0 Å². The van der Waals surface area contributed by atoms with Crippen LogP contribution in [0.15, 0.2) is 0 Å². The minimum atomic E-state index is -0.997. The zero-order chi connectivity index (χ0) is 13.1. The molecule has 1 aliphatic rings. The van der Waals surface area contributed by atoms with Crippen molar-refractivity contribution in [2.45, 2.75) is 57.9 Å². The maximum atomic E-state index is 11.1. The van der Waals surface area contributed by atoms with Crippen molar-refractivity contribution in [3.63, 3.8) is 0 Å². The van der Waals surface area contributed by atoms with Crippen molar-refractivity contribution in [2.24, 2.45) is 5.92 Å². The average molecular weight is 245 g/mol. The van der Waals surface area contributed by atoms with E-state index < -0.39 is 23.8 Å². The minimum absolute atomic E-state index is 0.275. The Hall–Kier alpha value is -0.650. The highest BCUT2D eigenvalue weighted by atomic mass is 16.5. The fourth-order valence-electron chi connectivity index (χ4n) is 2.06. The molecule has 0 aliphatic carbocycles. The highest BCUT2D eigenvalue weighted by Crippen LogP contribution is 2.24. The molecule has 0 amide bonds. The summed E-state index contributed by atoms with van der Waals surface area (Å²) in [6.45, 7) is 6.18. The zero-order valence-corrected chi connectivity index (χ0v) is 10.8. The van der Waals surface area contributed by atoms with Gasteiger partial charge in [-0.2, -0.15) is 0 Å². The molecule has 0 aromatic heterocycles. The summed E-state index contributed by atoms with van der Waals surface area (Å²) in [4.78, 5) is 11.1. The average Bonchev–Trinajstić information content (AvgIpc) is 2.18. The van der Waals surface area contributed by atoms with Crippen LogP contribution in [0.4, 0.5) is 0 Å². The summed E-state index contributed by atoms with van der Waals surface area (Å²) < 4.78 is 5.43. The maximum Gasteiger partial charge on any atom is 0.320 e. The number of ether oxygens (including phenoxy) is 1. The molecule has 0 radical (unpaired) electrons. The number of aliphatic hydroxyl groups is 1. The molecule has 1 aliphatic heterocycles. The van der Waals surface area contributed by atoms with E-state index in [1.54, 1.807) is 6.92 Å². The lowest BCUT2D eigenvalue weighted by Crippen LogP contribution is -2.57. The van der Waals surface area contributed by atoms with E-state index in [1.807, 2.05) is 13.8 Å². The van der Waals surface area contributed by atoms with Crippen LogP contribution in [0.25, 0.3) is 0 Å². The molecule has 0 aromatic carbocycles. The Labute approximate surface area is 102 Å². The SMILES string of the molecule is CC(C)C[C@H](N[C@@H]1OCCC[C@@]1(C)O)C(=O)O. The zero-order valence-electron chi connectivity index (χ0n) is 10.8. The van der Waals surface area contributed by atoms with Crippen molar-refractivity contribution < 1.29 is 19.7 Å². The van der Waals surface area contributed by atoms with Gasteiger partial charge in [0.05, 0.1) is 0 Å². The fraction of sp³-hybridized carbons (Fsp3) is 0.917. The summed E-state index contributed by atoms with van der Waals surface area (Å²) in [7, 11) is 0. The number of hydrogen-bond acceptors (Lipinski definition) is 4. The lowest BCUT2D eigenvalue weighted by atomic mass is 9.94. The summed E-state index contributed by atoms with van der Waals surface area (Å²) in [6.07, 6.45) is 1.34. The standard InChI is InChI=1S/C12H23NO4/c1-8(2)7-9(10(14)15)13-11-12(3,16)5-4-6-17-11/h8-9,11,13,16H,4-7H2,1-3H3,(H,14,15)/t9-,11+,12+/m0/s1. The number of aliphatic carboxylic acids is 1. The van der Waals surface area contributed by atoms with Crippen LogP contribution in [0.3, 0.4) is 0 Å². The molecule has 1 heterocycles. The second-order valence-corrected chi connectivity index (χ2v) is 5.40. The third-order valence-electron chi connectivity index (χ3n) is 3.03. The van der Waals surface area contributed by atoms with E-state index in [-0.39, 0.29) is 5.92 Å². The van der Waals surface area contributed by atoms with E-state index in [1.165, 1.54) is 0 Å². The van der Waals surface area contributed by atoms with Crippen LogP contribution in [0, 0.1) is 5.92 Å². The van der Waals surface area contributed by atoms with Gasteiger partial charge in [-0.1, -0.05) is 13.8 Å². The molecule has 1 fully saturated rings. The van der Waals surface area contributed by atoms with Gasteiger partial charge in [0.1, 0.15) is 17.9 Å². The van der Waals surface area contributed by atoms with E-state index >= 15 is 0 Å². The third-order valence-corrected chi connectivity index (χ3v) is 3.03. The number of carbonyl (C=O) groups is 1. The smallest absolute Gasteiger partial charge is 0.320 e. The summed E-state index contributed by atoms with van der Waals surface area (Å²) >= 11 is 0. The lowest BCUT2D eigenvalue weighted by molar-refractivity contribution is -0.161. The van der Waals surface area contributed by atoms with E-state index in [0.717, 1.165) is 6.42 Å². The molecule has 0 aromatic rings. The molecule has 0 unspecified atom stereocenters. The molecule has 0 saturated carbocycles. The van der Waals surface area contributed by atoms with Gasteiger partial charge in [0, 0.05) is 6.61 Å². The van der Waals surface area contributed by atoms with Crippen molar-refractivity contribution in [3.05, 3.63) is 0 Å². The number of carboxylic acid groups (broad SMARTS) is 1. The summed E-state index contributed by atoms with van der Waals surface area (Å²) in [6, 6.07) is -0.676. The second kappa shape index (κ2) is 5.80. The van der Waals surface area contributed by atoms with E-state index in [0.29, 0.717) is 19.4 Å². The first-order valence-corrected chi connectivity index (χ1v) is 6.16. The Morgan fingerprint density at radius 2 is 2.24 bits per heavy atom. The van der Waals surface area contributed by atoms with Gasteiger partial charge in [0.2, 0.25) is 0 Å². The molecule has 1 rings (SSSR count). The normalized spacial score (nSPS) is 31.5. The molecule has 100 valence electrons. The van der Waals surface area contributed by atoms with Crippen LogP contribution in [-0.2, 0) is 9.53 Å². The number of carboxylic acids is 1. The lowest BCUT2D eigenvalue weighted by Gasteiger charge is -2.38. The molecule has 5 nitrogen and oxygen atoms in total. The molecular formula is C12H23NO4. The number of nitrogens with one attached hydrogen (secondary N) is 1. The summed E-state index contributed by atoms with van der Waals surface area (Å²) in [5.41, 5.74) is -0.997. The molecule has 1 saturated heterocycles. The van der Waals surface area contributed by atoms with Gasteiger partial charge in [0.25, 0.3) is 0 Å². The van der Waals surface area contributed by atoms with Gasteiger partial charge in [0.15, 0.2) is 0 Å². The Kier molecular flexibility index (Phi) is 4.91. The predicted octanol–water partition coefficient (Wildman–Crippen LogP) is 0.963. The van der Waals surface area contributed by atoms with Crippen LogP contribution < -0.4 is 5.32 Å². The van der Waals surface area contributed by atoms with Crippen LogP contribution in [0.1, 0.15) is 40.0 Å². The van der Waals surface area contributed by atoms with Gasteiger partial charge >= 0.3 is 5.97 Å². The highest BCUT2D eigenvalue weighted by Gasteiger charge is 2.38. The van der Waals surface area contributed by atoms with Gasteiger partial charge in [-0.3, -0.25) is 10.1 Å². The van der Waals surface area contributed by atoms with E-state index in [2.05, 4.69) is 5.32 Å². The first kappa shape index (κ1) is 14.4. The van der Waals surface area contributed by atoms with E-state index in [4.69, 9.17) is 9.84 Å². The molecule has 3 N–H and O–H groups in total. The first-order chi connectivity index (χ1) is 7.83. The summed E-state index contributed by atoms with van der Waals surface area (Å²) in [5, 5.41) is 22.1.